The summed E-state index contributed by atoms with van der Waals surface area (Å²) in [6.45, 7) is 2.32. The number of imidazole rings is 1. The van der Waals surface area contributed by atoms with Crippen LogP contribution in [0.2, 0.25) is 0 Å². The molecule has 0 saturated carbocycles. The van der Waals surface area contributed by atoms with Gasteiger partial charge in [0.1, 0.15) is 17.2 Å². The molecule has 0 radical (unpaired) electrons. The third-order valence-corrected chi connectivity index (χ3v) is 6.84. The molecule has 2 aromatic carbocycles. The van der Waals surface area contributed by atoms with Crippen molar-refractivity contribution in [1.82, 2.24) is 19.3 Å². The van der Waals surface area contributed by atoms with Crippen LogP contribution in [-0.2, 0) is 11.2 Å². The van der Waals surface area contributed by atoms with Crippen molar-refractivity contribution in [2.45, 2.75) is 31.6 Å². The average Bonchev–Trinajstić information content (AvgIpc) is 3.37. The highest BCUT2D eigenvalue weighted by molar-refractivity contribution is 9.10. The molecule has 0 bridgehead atoms. The quantitative estimate of drug-likeness (QED) is 0.432. The molecule has 4 aromatic rings. The van der Waals surface area contributed by atoms with E-state index in [4.69, 9.17) is 10.5 Å². The van der Waals surface area contributed by atoms with Gasteiger partial charge in [0.25, 0.3) is 5.91 Å². The molecule has 9 heteroatoms. The van der Waals surface area contributed by atoms with Gasteiger partial charge in [-0.3, -0.25) is 9.20 Å². The minimum absolute atomic E-state index is 0.00233. The maximum Gasteiger partial charge on any atom is 0.257 e. The lowest BCUT2D eigenvalue weighted by atomic mass is 10.0. The molecule has 1 fully saturated rings. The SMILES string of the molecule is C[C@H]1CN(C(=O)c2cc3c(cc2F)nc(N)c2cncn23)[C@H]2c3ccc(Br)cc3C[C@H]2O1. The van der Waals surface area contributed by atoms with Crippen LogP contribution in [-0.4, -0.2) is 43.9 Å². The number of hydrogen-bond donors (Lipinski definition) is 1. The van der Waals surface area contributed by atoms with E-state index in [1.165, 1.54) is 6.07 Å². The fourth-order valence-corrected chi connectivity index (χ4v) is 5.43. The Morgan fingerprint density at radius 3 is 2.97 bits per heavy atom. The number of aromatic nitrogens is 3. The van der Waals surface area contributed by atoms with E-state index in [1.54, 1.807) is 27.9 Å². The molecule has 1 amide bonds. The Balaban J connectivity index is 1.48. The smallest absolute Gasteiger partial charge is 0.257 e. The lowest BCUT2D eigenvalue weighted by molar-refractivity contribution is -0.0938. The van der Waals surface area contributed by atoms with Gasteiger partial charge in [-0.15, -0.1) is 0 Å². The number of fused-ring (bicyclic) bond motifs is 6. The van der Waals surface area contributed by atoms with Gasteiger partial charge in [0, 0.05) is 23.5 Å². The van der Waals surface area contributed by atoms with Crippen molar-refractivity contribution in [2.75, 3.05) is 12.3 Å². The second-order valence-corrected chi connectivity index (χ2v) is 9.32. The summed E-state index contributed by atoms with van der Waals surface area (Å²) in [5, 5.41) is 0. The second kappa shape index (κ2) is 6.98. The largest absolute Gasteiger partial charge is 0.382 e. The number of amides is 1. The molecular formula is C23H19BrFN5O2. The van der Waals surface area contributed by atoms with Gasteiger partial charge >= 0.3 is 0 Å². The molecule has 3 atom stereocenters. The Bertz CT molecular complexity index is 1420. The molecule has 6 rings (SSSR count). The van der Waals surface area contributed by atoms with Gasteiger partial charge in [0.15, 0.2) is 0 Å². The van der Waals surface area contributed by atoms with Gasteiger partial charge in [-0.1, -0.05) is 22.0 Å². The normalized spacial score (nSPS) is 22.3. The molecule has 0 unspecified atom stereocenters. The van der Waals surface area contributed by atoms with Crippen molar-refractivity contribution in [1.29, 1.82) is 0 Å². The number of carbonyl (C=O) groups excluding carboxylic acids is 1. The number of nitrogens with two attached hydrogens (primary N) is 1. The van der Waals surface area contributed by atoms with E-state index in [0.29, 0.717) is 29.5 Å². The number of morpholine rings is 1. The van der Waals surface area contributed by atoms with Gasteiger partial charge in [0.05, 0.1) is 47.4 Å². The molecule has 162 valence electrons. The highest BCUT2D eigenvalue weighted by Gasteiger charge is 2.44. The maximum absolute atomic E-state index is 15.2. The number of benzene rings is 2. The Hall–Kier alpha value is -3.04. The van der Waals surface area contributed by atoms with Crippen molar-refractivity contribution in [3.63, 3.8) is 0 Å². The predicted octanol–water partition coefficient (Wildman–Crippen LogP) is 3.89. The number of ether oxygens (including phenoxy) is 1. The molecular weight excluding hydrogens is 477 g/mol. The van der Waals surface area contributed by atoms with Crippen molar-refractivity contribution in [2.24, 2.45) is 0 Å². The molecule has 3 heterocycles. The van der Waals surface area contributed by atoms with E-state index in [0.717, 1.165) is 15.6 Å². The number of hydrogen-bond acceptors (Lipinski definition) is 5. The third kappa shape index (κ3) is 2.84. The molecule has 7 nitrogen and oxygen atoms in total. The van der Waals surface area contributed by atoms with Gasteiger partial charge in [-0.2, -0.15) is 0 Å². The number of nitrogens with zero attached hydrogens (tertiary/aromatic N) is 4. The van der Waals surface area contributed by atoms with Crippen LogP contribution in [0.5, 0.6) is 0 Å². The maximum atomic E-state index is 15.2. The van der Waals surface area contributed by atoms with Crippen LogP contribution in [0.1, 0.15) is 34.5 Å². The summed E-state index contributed by atoms with van der Waals surface area (Å²) in [7, 11) is 0. The van der Waals surface area contributed by atoms with E-state index in [-0.39, 0.29) is 35.5 Å². The summed E-state index contributed by atoms with van der Waals surface area (Å²) in [6, 6.07) is 8.59. The topological polar surface area (TPSA) is 85.8 Å². The fourth-order valence-electron chi connectivity index (χ4n) is 5.02. The van der Waals surface area contributed by atoms with Crippen molar-refractivity contribution < 1.29 is 13.9 Å². The minimum Gasteiger partial charge on any atom is -0.382 e. The number of carbonyl (C=O) groups is 1. The summed E-state index contributed by atoms with van der Waals surface area (Å²) >= 11 is 3.52. The Morgan fingerprint density at radius 2 is 2.12 bits per heavy atom. The average molecular weight is 496 g/mol. The second-order valence-electron chi connectivity index (χ2n) is 8.40. The monoisotopic (exact) mass is 495 g/mol. The summed E-state index contributed by atoms with van der Waals surface area (Å²) in [5.41, 5.74) is 9.71. The zero-order chi connectivity index (χ0) is 22.1. The fraction of sp³-hybridized carbons (Fsp3) is 0.261. The van der Waals surface area contributed by atoms with Crippen molar-refractivity contribution in [3.8, 4) is 0 Å². The van der Waals surface area contributed by atoms with Crippen LogP contribution in [0.4, 0.5) is 10.2 Å². The number of anilines is 1. The Kier molecular flexibility index (Phi) is 4.28. The van der Waals surface area contributed by atoms with Crippen LogP contribution >= 0.6 is 15.9 Å². The number of rotatable bonds is 1. The van der Waals surface area contributed by atoms with Gasteiger partial charge in [0.2, 0.25) is 0 Å². The summed E-state index contributed by atoms with van der Waals surface area (Å²) in [6.07, 6.45) is 3.58. The van der Waals surface area contributed by atoms with E-state index in [2.05, 4.69) is 32.0 Å². The first-order chi connectivity index (χ1) is 15.4. The van der Waals surface area contributed by atoms with Crippen LogP contribution in [0, 0.1) is 5.82 Å². The van der Waals surface area contributed by atoms with E-state index in [9.17, 15) is 4.79 Å². The van der Waals surface area contributed by atoms with Gasteiger partial charge in [-0.05, 0) is 36.2 Å². The van der Waals surface area contributed by atoms with E-state index in [1.807, 2.05) is 19.1 Å². The molecule has 1 saturated heterocycles. The summed E-state index contributed by atoms with van der Waals surface area (Å²) < 4.78 is 24.1. The van der Waals surface area contributed by atoms with Crippen molar-refractivity contribution in [3.05, 3.63) is 69.8 Å². The first kappa shape index (κ1) is 19.6. The first-order valence-electron chi connectivity index (χ1n) is 10.4. The molecule has 1 aliphatic carbocycles. The van der Waals surface area contributed by atoms with Crippen LogP contribution in [0.3, 0.4) is 0 Å². The molecule has 2 N–H and O–H groups in total. The molecule has 32 heavy (non-hydrogen) atoms. The summed E-state index contributed by atoms with van der Waals surface area (Å²) in [4.78, 5) is 23.9. The number of nitrogen functional groups attached to an aromatic ring is 1. The zero-order valence-electron chi connectivity index (χ0n) is 17.1. The highest BCUT2D eigenvalue weighted by atomic mass is 79.9. The van der Waals surface area contributed by atoms with Crippen molar-refractivity contribution >= 4 is 44.2 Å². The lowest BCUT2D eigenvalue weighted by Gasteiger charge is -2.41. The van der Waals surface area contributed by atoms with Gasteiger partial charge < -0.3 is 15.4 Å². The van der Waals surface area contributed by atoms with Gasteiger partial charge in [-0.25, -0.2) is 14.4 Å². The standard InChI is InChI=1S/C23H19BrFN5O2/c1-11-9-29(21-14-3-2-13(24)4-12(14)5-20(21)32-11)23(31)15-6-18-17(7-16(15)25)28-22(26)19-8-27-10-30(18)19/h2-4,6-8,10-11,20-21H,5,9H2,1H3,(H2,26,28)/t11-,20+,21-/m0/s1. The lowest BCUT2D eigenvalue weighted by Crippen LogP contribution is -2.50. The van der Waals surface area contributed by atoms with E-state index >= 15 is 4.39 Å². The Labute approximate surface area is 191 Å². The highest BCUT2D eigenvalue weighted by Crippen LogP contribution is 2.43. The molecule has 1 aliphatic heterocycles. The molecule has 0 spiro atoms. The summed E-state index contributed by atoms with van der Waals surface area (Å²) in [5.74, 6) is -0.735. The van der Waals surface area contributed by atoms with Crippen LogP contribution < -0.4 is 5.73 Å². The van der Waals surface area contributed by atoms with E-state index < -0.39 is 5.82 Å². The molecule has 2 aliphatic rings. The first-order valence-corrected chi connectivity index (χ1v) is 11.2. The van der Waals surface area contributed by atoms with Crippen LogP contribution in [0.25, 0.3) is 16.6 Å². The van der Waals surface area contributed by atoms with Crippen LogP contribution in [0.15, 0.2) is 47.3 Å². The Morgan fingerprint density at radius 1 is 1.28 bits per heavy atom. The zero-order valence-corrected chi connectivity index (χ0v) is 18.7. The minimum atomic E-state index is -0.626. The molecule has 2 aromatic heterocycles. The predicted molar refractivity (Wildman–Crippen MR) is 121 cm³/mol. The third-order valence-electron chi connectivity index (χ3n) is 6.35. The number of halogens is 2.